The Morgan fingerprint density at radius 2 is 1.75 bits per heavy atom. The van der Waals surface area contributed by atoms with Gasteiger partial charge in [-0.3, -0.25) is 0 Å². The third kappa shape index (κ3) is 4.83. The molecule has 0 saturated heterocycles. The molecule has 1 aromatic rings. The fourth-order valence-corrected chi connectivity index (χ4v) is 4.26. The van der Waals surface area contributed by atoms with Crippen LogP contribution in [0.25, 0.3) is 0 Å². The summed E-state index contributed by atoms with van der Waals surface area (Å²) in [5.74, 6) is 0.0663. The summed E-state index contributed by atoms with van der Waals surface area (Å²) in [4.78, 5) is 10.9. The molecule has 112 valence electrons. The van der Waals surface area contributed by atoms with Gasteiger partial charge in [0, 0.05) is 11.0 Å². The van der Waals surface area contributed by atoms with E-state index < -0.39 is 15.8 Å². The Labute approximate surface area is 124 Å². The molecule has 0 aliphatic heterocycles. The van der Waals surface area contributed by atoms with Crippen molar-refractivity contribution >= 4 is 27.6 Å². The van der Waals surface area contributed by atoms with E-state index in [0.29, 0.717) is 16.9 Å². The maximum Gasteiger partial charge on any atom is 0.335 e. The van der Waals surface area contributed by atoms with Crippen LogP contribution in [-0.4, -0.2) is 36.2 Å². The van der Waals surface area contributed by atoms with Crippen molar-refractivity contribution in [1.29, 1.82) is 0 Å². The van der Waals surface area contributed by atoms with E-state index in [1.54, 1.807) is 11.8 Å². The molecule has 4 nitrogen and oxygen atoms in total. The topological polar surface area (TPSA) is 71.4 Å². The van der Waals surface area contributed by atoms with E-state index in [9.17, 15) is 13.2 Å². The fraction of sp³-hybridized carbons (Fsp3) is 0.500. The first-order chi connectivity index (χ1) is 9.24. The SMILES string of the molecule is CC(C)C(C)SCCS(=O)(=O)c1ccc(C(=O)O)cc1. The lowest BCUT2D eigenvalue weighted by molar-refractivity contribution is 0.0696. The molecular weight excluding hydrogens is 296 g/mol. The third-order valence-electron chi connectivity index (χ3n) is 3.13. The lowest BCUT2D eigenvalue weighted by Gasteiger charge is -2.14. The largest absolute Gasteiger partial charge is 0.478 e. The van der Waals surface area contributed by atoms with Crippen LogP contribution in [0.1, 0.15) is 31.1 Å². The summed E-state index contributed by atoms with van der Waals surface area (Å²) in [7, 11) is -3.34. The molecule has 0 radical (unpaired) electrons. The number of carbonyl (C=O) groups is 1. The van der Waals surface area contributed by atoms with Gasteiger partial charge in [0.1, 0.15) is 0 Å². The predicted molar refractivity (Wildman–Crippen MR) is 82.2 cm³/mol. The molecule has 1 N–H and O–H groups in total. The van der Waals surface area contributed by atoms with Gasteiger partial charge in [0.25, 0.3) is 0 Å². The molecule has 1 atom stereocenters. The van der Waals surface area contributed by atoms with Gasteiger partial charge < -0.3 is 5.11 Å². The van der Waals surface area contributed by atoms with E-state index in [0.717, 1.165) is 0 Å². The Kier molecular flexibility index (Phi) is 6.07. The fourth-order valence-electron chi connectivity index (χ4n) is 1.46. The highest BCUT2D eigenvalue weighted by molar-refractivity contribution is 8.01. The minimum absolute atomic E-state index is 0.0706. The normalized spacial score (nSPS) is 13.4. The Morgan fingerprint density at radius 3 is 2.20 bits per heavy atom. The van der Waals surface area contributed by atoms with Gasteiger partial charge >= 0.3 is 5.97 Å². The smallest absolute Gasteiger partial charge is 0.335 e. The molecule has 1 rings (SSSR count). The molecule has 1 unspecified atom stereocenters. The molecular formula is C14H20O4S2. The van der Waals surface area contributed by atoms with Gasteiger partial charge in [0.05, 0.1) is 16.2 Å². The van der Waals surface area contributed by atoms with Crippen LogP contribution in [0.5, 0.6) is 0 Å². The molecule has 0 aliphatic carbocycles. The van der Waals surface area contributed by atoms with E-state index >= 15 is 0 Å². The number of aromatic carboxylic acids is 1. The Hall–Kier alpha value is -1.01. The lowest BCUT2D eigenvalue weighted by atomic mass is 10.2. The number of hydrogen-bond donors (Lipinski definition) is 1. The van der Waals surface area contributed by atoms with Crippen LogP contribution in [-0.2, 0) is 9.84 Å². The van der Waals surface area contributed by atoms with E-state index in [1.807, 2.05) is 0 Å². The summed E-state index contributed by atoms with van der Waals surface area (Å²) in [6, 6.07) is 5.35. The van der Waals surface area contributed by atoms with Crippen LogP contribution in [0.4, 0.5) is 0 Å². The summed E-state index contributed by atoms with van der Waals surface area (Å²) in [5.41, 5.74) is 0.0896. The molecule has 0 fully saturated rings. The number of hydrogen-bond acceptors (Lipinski definition) is 4. The van der Waals surface area contributed by atoms with Gasteiger partial charge in [0.2, 0.25) is 0 Å². The minimum atomic E-state index is -3.34. The third-order valence-corrected chi connectivity index (χ3v) is 6.63. The van der Waals surface area contributed by atoms with Crippen molar-refractivity contribution < 1.29 is 18.3 Å². The van der Waals surface area contributed by atoms with Crippen LogP contribution in [0.3, 0.4) is 0 Å². The maximum absolute atomic E-state index is 12.1. The van der Waals surface area contributed by atoms with Crippen LogP contribution >= 0.6 is 11.8 Å². The highest BCUT2D eigenvalue weighted by Crippen LogP contribution is 2.20. The number of carboxylic acids is 1. The first-order valence-electron chi connectivity index (χ1n) is 6.41. The van der Waals surface area contributed by atoms with Crippen LogP contribution in [0, 0.1) is 5.92 Å². The zero-order chi connectivity index (χ0) is 15.3. The van der Waals surface area contributed by atoms with Crippen LogP contribution < -0.4 is 0 Å². The lowest BCUT2D eigenvalue weighted by Crippen LogP contribution is -2.13. The number of carboxylic acid groups (broad SMARTS) is 1. The van der Waals surface area contributed by atoms with Gasteiger partial charge in [0.15, 0.2) is 9.84 Å². The second-order valence-corrected chi connectivity index (χ2v) is 8.56. The summed E-state index contributed by atoms with van der Waals surface area (Å²) in [6.07, 6.45) is 0. The monoisotopic (exact) mass is 316 g/mol. The van der Waals surface area contributed by atoms with Crippen molar-refractivity contribution in [3.63, 3.8) is 0 Å². The molecule has 0 spiro atoms. The average molecular weight is 316 g/mol. The molecule has 0 amide bonds. The van der Waals surface area contributed by atoms with Crippen molar-refractivity contribution in [1.82, 2.24) is 0 Å². The highest BCUT2D eigenvalue weighted by Gasteiger charge is 2.16. The van der Waals surface area contributed by atoms with Gasteiger partial charge in [-0.05, 0) is 30.2 Å². The zero-order valence-corrected chi connectivity index (χ0v) is 13.5. The predicted octanol–water partition coefficient (Wildman–Crippen LogP) is 2.94. The van der Waals surface area contributed by atoms with Crippen molar-refractivity contribution in [2.24, 2.45) is 5.92 Å². The average Bonchev–Trinajstić information content (AvgIpc) is 2.38. The van der Waals surface area contributed by atoms with Gasteiger partial charge in [-0.25, -0.2) is 13.2 Å². The van der Waals surface area contributed by atoms with Crippen molar-refractivity contribution in [2.45, 2.75) is 30.9 Å². The van der Waals surface area contributed by atoms with Crippen LogP contribution in [0.2, 0.25) is 0 Å². The summed E-state index contributed by atoms with van der Waals surface area (Å²) in [5, 5.41) is 9.20. The van der Waals surface area contributed by atoms with Gasteiger partial charge in [-0.2, -0.15) is 11.8 Å². The van der Waals surface area contributed by atoms with Gasteiger partial charge in [-0.15, -0.1) is 0 Å². The molecule has 0 bridgehead atoms. The summed E-state index contributed by atoms with van der Waals surface area (Å²) >= 11 is 1.64. The number of sulfone groups is 1. The maximum atomic E-state index is 12.1. The Balaban J connectivity index is 2.67. The molecule has 0 aliphatic rings. The van der Waals surface area contributed by atoms with E-state index in [1.165, 1.54) is 24.3 Å². The van der Waals surface area contributed by atoms with Crippen molar-refractivity contribution in [3.05, 3.63) is 29.8 Å². The van der Waals surface area contributed by atoms with E-state index in [2.05, 4.69) is 20.8 Å². The molecule has 1 aromatic carbocycles. The Bertz CT molecular complexity index is 547. The Morgan fingerprint density at radius 1 is 1.20 bits per heavy atom. The first kappa shape index (κ1) is 17.0. The minimum Gasteiger partial charge on any atom is -0.478 e. The second kappa shape index (κ2) is 7.13. The number of rotatable bonds is 7. The number of thioether (sulfide) groups is 1. The van der Waals surface area contributed by atoms with Gasteiger partial charge in [-0.1, -0.05) is 20.8 Å². The second-order valence-electron chi connectivity index (χ2n) is 4.97. The highest BCUT2D eigenvalue weighted by atomic mass is 32.2. The first-order valence-corrected chi connectivity index (χ1v) is 9.12. The molecule has 0 heterocycles. The van der Waals surface area contributed by atoms with Crippen molar-refractivity contribution in [3.8, 4) is 0 Å². The number of benzene rings is 1. The standard InChI is InChI=1S/C14H20O4S2/c1-10(2)11(3)19-8-9-20(17,18)13-6-4-12(5-7-13)14(15)16/h4-7,10-11H,8-9H2,1-3H3,(H,15,16). The molecule has 20 heavy (non-hydrogen) atoms. The van der Waals surface area contributed by atoms with Crippen LogP contribution in [0.15, 0.2) is 29.2 Å². The summed E-state index contributed by atoms with van der Waals surface area (Å²) in [6.45, 7) is 6.30. The van der Waals surface area contributed by atoms with E-state index in [4.69, 9.17) is 5.11 Å². The zero-order valence-electron chi connectivity index (χ0n) is 11.9. The molecule has 0 saturated carbocycles. The molecule has 0 aromatic heterocycles. The summed E-state index contributed by atoms with van der Waals surface area (Å²) < 4.78 is 24.2. The van der Waals surface area contributed by atoms with E-state index in [-0.39, 0.29) is 16.2 Å². The molecule has 6 heteroatoms. The van der Waals surface area contributed by atoms with Crippen molar-refractivity contribution in [2.75, 3.05) is 11.5 Å². The quantitative estimate of drug-likeness (QED) is 0.837.